The molecule has 25 heavy (non-hydrogen) atoms. The molecule has 1 rings (SSSR count). The lowest BCUT2D eigenvalue weighted by atomic mass is 9.68. The zero-order chi connectivity index (χ0) is 19.4. The molecule has 0 fully saturated rings. The van der Waals surface area contributed by atoms with Crippen LogP contribution in [0.25, 0.3) is 0 Å². The number of hydrogen-bond acceptors (Lipinski definition) is 1. The predicted molar refractivity (Wildman–Crippen MR) is 105 cm³/mol. The highest BCUT2D eigenvalue weighted by Gasteiger charge is 2.43. The van der Waals surface area contributed by atoms with E-state index < -0.39 is 5.41 Å². The number of aryl methyl sites for hydroxylation is 1. The maximum absolute atomic E-state index is 13.7. The van der Waals surface area contributed by atoms with E-state index in [4.69, 9.17) is 0 Å². The van der Waals surface area contributed by atoms with E-state index in [1.54, 1.807) is 19.1 Å². The number of nitrogens with zero attached hydrogens (tertiary/aromatic N) is 1. The van der Waals surface area contributed by atoms with E-state index in [1.165, 1.54) is 6.07 Å². The van der Waals surface area contributed by atoms with Gasteiger partial charge in [-0.2, -0.15) is 0 Å². The highest BCUT2D eigenvalue weighted by molar-refractivity contribution is 5.98. The van der Waals surface area contributed by atoms with Crippen molar-refractivity contribution in [2.45, 2.75) is 87.1 Å². The van der Waals surface area contributed by atoms with Crippen LogP contribution in [0.1, 0.15) is 79.7 Å². The summed E-state index contributed by atoms with van der Waals surface area (Å²) in [5.74, 6) is -0.125. The van der Waals surface area contributed by atoms with Crippen molar-refractivity contribution in [3.63, 3.8) is 0 Å². The molecule has 1 aromatic carbocycles. The lowest BCUT2D eigenvalue weighted by molar-refractivity contribution is -0.132. The van der Waals surface area contributed by atoms with Gasteiger partial charge < -0.3 is 4.90 Å². The van der Waals surface area contributed by atoms with Gasteiger partial charge in [-0.05, 0) is 49.4 Å². The first-order chi connectivity index (χ1) is 11.4. The summed E-state index contributed by atoms with van der Waals surface area (Å²) in [7, 11) is 0. The molecule has 1 unspecified atom stereocenters. The van der Waals surface area contributed by atoms with Crippen LogP contribution in [-0.4, -0.2) is 11.9 Å². The second-order valence-corrected chi connectivity index (χ2v) is 8.83. The van der Waals surface area contributed by atoms with Crippen molar-refractivity contribution in [2.24, 2.45) is 10.8 Å². The number of benzene rings is 1. The summed E-state index contributed by atoms with van der Waals surface area (Å²) in [6.45, 7) is 16.3. The second-order valence-electron chi connectivity index (χ2n) is 8.83. The first-order valence-corrected chi connectivity index (χ1v) is 9.53. The van der Waals surface area contributed by atoms with Gasteiger partial charge in [-0.3, -0.25) is 4.79 Å². The number of halogens is 1. The molecule has 1 amide bonds. The van der Waals surface area contributed by atoms with Crippen molar-refractivity contribution in [2.75, 3.05) is 4.90 Å². The average Bonchev–Trinajstić information content (AvgIpc) is 2.50. The topological polar surface area (TPSA) is 20.3 Å². The maximum atomic E-state index is 13.7. The van der Waals surface area contributed by atoms with E-state index in [0.717, 1.165) is 31.4 Å². The molecular weight excluding hydrogens is 313 g/mol. The van der Waals surface area contributed by atoms with E-state index in [0.29, 0.717) is 5.56 Å². The molecule has 0 spiro atoms. The first-order valence-electron chi connectivity index (χ1n) is 9.53. The average molecular weight is 350 g/mol. The van der Waals surface area contributed by atoms with Gasteiger partial charge in [-0.1, -0.05) is 60.8 Å². The van der Waals surface area contributed by atoms with Crippen molar-refractivity contribution in [1.82, 2.24) is 0 Å². The third-order valence-electron chi connectivity index (χ3n) is 5.71. The standard InChI is InChI=1S/C22H36FNO/c1-9-10-11-12-17(3)24(18-13-14-19(23)16(2)15-18)20(25)22(7,8)21(4,5)6/h13-15,17H,9-12H2,1-8H3. The van der Waals surface area contributed by atoms with Crippen LogP contribution in [0.5, 0.6) is 0 Å². The minimum absolute atomic E-state index is 0.0885. The molecule has 0 saturated carbocycles. The number of unbranched alkanes of at least 4 members (excludes halogenated alkanes) is 2. The van der Waals surface area contributed by atoms with E-state index >= 15 is 0 Å². The molecule has 0 aliphatic carbocycles. The summed E-state index contributed by atoms with van der Waals surface area (Å²) in [4.78, 5) is 15.4. The third-order valence-corrected chi connectivity index (χ3v) is 5.71. The number of rotatable bonds is 7. The normalized spacial score (nSPS) is 13.6. The highest BCUT2D eigenvalue weighted by Crippen LogP contribution is 2.41. The Morgan fingerprint density at radius 2 is 1.76 bits per heavy atom. The van der Waals surface area contributed by atoms with Gasteiger partial charge in [-0.15, -0.1) is 0 Å². The minimum atomic E-state index is -0.520. The van der Waals surface area contributed by atoms with Crippen molar-refractivity contribution < 1.29 is 9.18 Å². The van der Waals surface area contributed by atoms with E-state index in [9.17, 15) is 9.18 Å². The zero-order valence-corrected chi connectivity index (χ0v) is 17.4. The van der Waals surface area contributed by atoms with Crippen molar-refractivity contribution >= 4 is 11.6 Å². The number of carbonyl (C=O) groups excluding carboxylic acids is 1. The highest BCUT2D eigenvalue weighted by atomic mass is 19.1. The van der Waals surface area contributed by atoms with E-state index in [2.05, 4.69) is 34.6 Å². The molecule has 0 N–H and O–H groups in total. The summed E-state index contributed by atoms with van der Waals surface area (Å²) in [6.07, 6.45) is 4.37. The summed E-state index contributed by atoms with van der Waals surface area (Å²) in [5.41, 5.74) is 0.685. The van der Waals surface area contributed by atoms with E-state index in [1.807, 2.05) is 18.7 Å². The lowest BCUT2D eigenvalue weighted by Gasteiger charge is -2.43. The summed E-state index contributed by atoms with van der Waals surface area (Å²) < 4.78 is 13.7. The largest absolute Gasteiger partial charge is 0.309 e. The maximum Gasteiger partial charge on any atom is 0.233 e. The molecule has 0 aliphatic heterocycles. The van der Waals surface area contributed by atoms with Gasteiger partial charge in [0.2, 0.25) is 5.91 Å². The SMILES string of the molecule is CCCCCC(C)N(C(=O)C(C)(C)C(C)(C)C)c1ccc(F)c(C)c1. The zero-order valence-electron chi connectivity index (χ0n) is 17.4. The fourth-order valence-corrected chi connectivity index (χ4v) is 2.79. The Kier molecular flexibility index (Phi) is 7.22. The molecule has 0 aromatic heterocycles. The second kappa shape index (κ2) is 8.33. The lowest BCUT2D eigenvalue weighted by Crippen LogP contribution is -2.51. The number of carbonyl (C=O) groups is 1. The molecule has 0 radical (unpaired) electrons. The molecule has 1 aromatic rings. The molecule has 0 bridgehead atoms. The van der Waals surface area contributed by atoms with Crippen molar-refractivity contribution in [3.05, 3.63) is 29.6 Å². The van der Waals surface area contributed by atoms with Crippen LogP contribution >= 0.6 is 0 Å². The van der Waals surface area contributed by atoms with Gasteiger partial charge in [0, 0.05) is 17.1 Å². The van der Waals surface area contributed by atoms with Crippen LogP contribution in [0.4, 0.5) is 10.1 Å². The minimum Gasteiger partial charge on any atom is -0.309 e. The smallest absolute Gasteiger partial charge is 0.233 e. The summed E-state index contributed by atoms with van der Waals surface area (Å²) in [6, 6.07) is 5.08. The Bertz CT molecular complexity index is 586. The Labute approximate surface area is 153 Å². The number of amides is 1. The van der Waals surface area contributed by atoms with Crippen LogP contribution in [-0.2, 0) is 4.79 Å². The molecule has 3 heteroatoms. The van der Waals surface area contributed by atoms with Gasteiger partial charge in [0.1, 0.15) is 5.82 Å². The quantitative estimate of drug-likeness (QED) is 0.514. The molecule has 0 heterocycles. The third kappa shape index (κ3) is 5.05. The van der Waals surface area contributed by atoms with Gasteiger partial charge in [0.05, 0.1) is 0 Å². The van der Waals surface area contributed by atoms with Gasteiger partial charge in [0.25, 0.3) is 0 Å². The van der Waals surface area contributed by atoms with Crippen LogP contribution in [0.15, 0.2) is 18.2 Å². The predicted octanol–water partition coefficient (Wildman–Crippen LogP) is 6.51. The molecular formula is C22H36FNO. The summed E-state index contributed by atoms with van der Waals surface area (Å²) >= 11 is 0. The number of hydrogen-bond donors (Lipinski definition) is 0. The van der Waals surface area contributed by atoms with Gasteiger partial charge in [-0.25, -0.2) is 4.39 Å². The van der Waals surface area contributed by atoms with Crippen LogP contribution in [0.2, 0.25) is 0 Å². The Hall–Kier alpha value is -1.38. The Morgan fingerprint density at radius 1 is 1.16 bits per heavy atom. The van der Waals surface area contributed by atoms with Crippen molar-refractivity contribution in [1.29, 1.82) is 0 Å². The molecule has 142 valence electrons. The Balaban J connectivity index is 3.27. The fraction of sp³-hybridized carbons (Fsp3) is 0.682. The van der Waals surface area contributed by atoms with Crippen LogP contribution in [0, 0.1) is 23.6 Å². The van der Waals surface area contributed by atoms with Gasteiger partial charge in [0.15, 0.2) is 0 Å². The van der Waals surface area contributed by atoms with E-state index in [-0.39, 0.29) is 23.2 Å². The summed E-state index contributed by atoms with van der Waals surface area (Å²) in [5, 5.41) is 0. The van der Waals surface area contributed by atoms with Crippen molar-refractivity contribution in [3.8, 4) is 0 Å². The fourth-order valence-electron chi connectivity index (χ4n) is 2.79. The molecule has 0 aliphatic rings. The monoisotopic (exact) mass is 349 g/mol. The molecule has 0 saturated heterocycles. The van der Waals surface area contributed by atoms with Crippen LogP contribution in [0.3, 0.4) is 0 Å². The number of anilines is 1. The van der Waals surface area contributed by atoms with Crippen LogP contribution < -0.4 is 4.90 Å². The first kappa shape index (κ1) is 21.7. The Morgan fingerprint density at radius 3 is 2.24 bits per heavy atom. The molecule has 2 nitrogen and oxygen atoms in total. The van der Waals surface area contributed by atoms with Gasteiger partial charge >= 0.3 is 0 Å². The molecule has 1 atom stereocenters.